The standard InChI is InChI=1S/C18H18FNO3S/c1-10-9-14(24-15(10)11-3-7-13(19)8-4-11)16(21)20-18(2,17(22)23)12-5-6-12/h3-4,7-9,12H,5-6H2,1-2H3,(H,20,21)(H,22,23)/t18-/m0/s1. The highest BCUT2D eigenvalue weighted by molar-refractivity contribution is 7.17. The van der Waals surface area contributed by atoms with Crippen LogP contribution in [0.15, 0.2) is 30.3 Å². The summed E-state index contributed by atoms with van der Waals surface area (Å²) in [5, 5.41) is 12.1. The Morgan fingerprint density at radius 2 is 1.92 bits per heavy atom. The van der Waals surface area contributed by atoms with Gasteiger partial charge in [0.05, 0.1) is 4.88 Å². The zero-order chi connectivity index (χ0) is 17.5. The summed E-state index contributed by atoms with van der Waals surface area (Å²) in [6.07, 6.45) is 1.63. The van der Waals surface area contributed by atoms with E-state index in [-0.39, 0.29) is 17.6 Å². The molecule has 0 saturated heterocycles. The lowest BCUT2D eigenvalue weighted by atomic mass is 9.96. The Bertz CT molecular complexity index is 795. The zero-order valence-electron chi connectivity index (χ0n) is 13.4. The second kappa shape index (κ2) is 6.02. The van der Waals surface area contributed by atoms with Crippen LogP contribution in [-0.4, -0.2) is 22.5 Å². The Morgan fingerprint density at radius 3 is 2.46 bits per heavy atom. The largest absolute Gasteiger partial charge is 0.480 e. The van der Waals surface area contributed by atoms with Crippen LogP contribution < -0.4 is 5.32 Å². The smallest absolute Gasteiger partial charge is 0.329 e. The number of nitrogens with one attached hydrogen (secondary N) is 1. The average Bonchev–Trinajstić information content (AvgIpc) is 3.31. The number of aryl methyl sites for hydroxylation is 1. The lowest BCUT2D eigenvalue weighted by Gasteiger charge is -2.25. The van der Waals surface area contributed by atoms with Crippen molar-refractivity contribution in [1.82, 2.24) is 5.32 Å². The van der Waals surface area contributed by atoms with Gasteiger partial charge in [-0.05, 0) is 61.9 Å². The molecule has 126 valence electrons. The molecule has 0 spiro atoms. The van der Waals surface area contributed by atoms with Gasteiger partial charge in [0.25, 0.3) is 5.91 Å². The number of carbonyl (C=O) groups is 2. The number of benzene rings is 1. The predicted molar refractivity (Wildman–Crippen MR) is 90.7 cm³/mol. The first kappa shape index (κ1) is 16.6. The highest BCUT2D eigenvalue weighted by atomic mass is 32.1. The summed E-state index contributed by atoms with van der Waals surface area (Å²) < 4.78 is 13.1. The minimum absolute atomic E-state index is 0.0171. The second-order valence-corrected chi connectivity index (χ2v) is 7.42. The number of carbonyl (C=O) groups excluding carboxylic acids is 1. The molecular weight excluding hydrogens is 329 g/mol. The Kier molecular flexibility index (Phi) is 4.17. The molecule has 2 N–H and O–H groups in total. The molecule has 1 fully saturated rings. The average molecular weight is 347 g/mol. The van der Waals surface area contributed by atoms with Crippen molar-refractivity contribution in [3.05, 3.63) is 46.6 Å². The molecule has 1 aromatic heterocycles. The molecule has 1 heterocycles. The first-order valence-electron chi connectivity index (χ1n) is 7.73. The first-order chi connectivity index (χ1) is 11.3. The molecule has 4 nitrogen and oxygen atoms in total. The molecule has 2 aromatic rings. The van der Waals surface area contributed by atoms with E-state index in [1.807, 2.05) is 6.92 Å². The van der Waals surface area contributed by atoms with Gasteiger partial charge in [0.15, 0.2) is 0 Å². The molecule has 0 radical (unpaired) electrons. The van der Waals surface area contributed by atoms with Gasteiger partial charge < -0.3 is 10.4 Å². The molecule has 1 saturated carbocycles. The number of aliphatic carboxylic acids is 1. The van der Waals surface area contributed by atoms with Gasteiger partial charge in [0, 0.05) is 4.88 Å². The Hall–Kier alpha value is -2.21. The van der Waals surface area contributed by atoms with Gasteiger partial charge in [-0.15, -0.1) is 11.3 Å². The molecule has 0 unspecified atom stereocenters. The highest BCUT2D eigenvalue weighted by Gasteiger charge is 2.48. The summed E-state index contributed by atoms with van der Waals surface area (Å²) in [6, 6.07) is 7.84. The van der Waals surface area contributed by atoms with Crippen LogP contribution in [0.1, 0.15) is 35.0 Å². The summed E-state index contributed by atoms with van der Waals surface area (Å²) >= 11 is 1.28. The van der Waals surface area contributed by atoms with Gasteiger partial charge in [-0.2, -0.15) is 0 Å². The van der Waals surface area contributed by atoms with Crippen LogP contribution in [-0.2, 0) is 4.79 Å². The van der Waals surface area contributed by atoms with Gasteiger partial charge in [-0.1, -0.05) is 12.1 Å². The van der Waals surface area contributed by atoms with Crippen molar-refractivity contribution in [2.24, 2.45) is 5.92 Å². The van der Waals surface area contributed by atoms with Gasteiger partial charge in [0.2, 0.25) is 0 Å². The lowest BCUT2D eigenvalue weighted by molar-refractivity contribution is -0.144. The molecule has 6 heteroatoms. The third kappa shape index (κ3) is 3.06. The maximum atomic E-state index is 13.1. The van der Waals surface area contributed by atoms with E-state index >= 15 is 0 Å². The van der Waals surface area contributed by atoms with Crippen molar-refractivity contribution in [3.63, 3.8) is 0 Å². The Balaban J connectivity index is 1.85. The highest BCUT2D eigenvalue weighted by Crippen LogP contribution is 2.40. The normalized spacial score (nSPS) is 16.5. The number of carboxylic acids is 1. The van der Waals surface area contributed by atoms with Crippen molar-refractivity contribution in [2.75, 3.05) is 0 Å². The molecule has 0 bridgehead atoms. The molecule has 1 atom stereocenters. The number of thiophene rings is 1. The fourth-order valence-corrected chi connectivity index (χ4v) is 3.84. The van der Waals surface area contributed by atoms with Gasteiger partial charge in [-0.3, -0.25) is 4.79 Å². The molecule has 24 heavy (non-hydrogen) atoms. The van der Waals surface area contributed by atoms with Crippen LogP contribution in [0, 0.1) is 18.7 Å². The molecule has 1 aliphatic rings. The predicted octanol–water partition coefficient (Wildman–Crippen LogP) is 3.85. The number of carboxylic acid groups (broad SMARTS) is 1. The topological polar surface area (TPSA) is 66.4 Å². The van der Waals surface area contributed by atoms with E-state index in [4.69, 9.17) is 0 Å². The third-order valence-corrected chi connectivity index (χ3v) is 5.74. The van der Waals surface area contributed by atoms with Crippen molar-refractivity contribution in [2.45, 2.75) is 32.2 Å². The summed E-state index contributed by atoms with van der Waals surface area (Å²) in [4.78, 5) is 25.4. The number of amides is 1. The SMILES string of the molecule is Cc1cc(C(=O)N[C@](C)(C(=O)O)C2CC2)sc1-c1ccc(F)cc1. The zero-order valence-corrected chi connectivity index (χ0v) is 14.2. The second-order valence-electron chi connectivity index (χ2n) is 6.37. The number of halogens is 1. The number of rotatable bonds is 5. The van der Waals surface area contributed by atoms with E-state index in [9.17, 15) is 19.1 Å². The van der Waals surface area contributed by atoms with Gasteiger partial charge >= 0.3 is 5.97 Å². The van der Waals surface area contributed by atoms with Crippen molar-refractivity contribution >= 4 is 23.2 Å². The minimum Gasteiger partial charge on any atom is -0.480 e. The summed E-state index contributed by atoms with van der Waals surface area (Å²) in [5.41, 5.74) is 0.506. The van der Waals surface area contributed by atoms with Gasteiger partial charge in [0.1, 0.15) is 11.4 Å². The minimum atomic E-state index is -1.23. The number of hydrogen-bond donors (Lipinski definition) is 2. The van der Waals surface area contributed by atoms with E-state index < -0.39 is 11.5 Å². The van der Waals surface area contributed by atoms with Crippen molar-refractivity contribution < 1.29 is 19.1 Å². The van der Waals surface area contributed by atoms with Crippen LogP contribution in [0.5, 0.6) is 0 Å². The monoisotopic (exact) mass is 347 g/mol. The summed E-state index contributed by atoms with van der Waals surface area (Å²) in [5.74, 6) is -1.72. The van der Waals surface area contributed by atoms with Crippen LogP contribution in [0.4, 0.5) is 4.39 Å². The fourth-order valence-electron chi connectivity index (χ4n) is 2.77. The maximum Gasteiger partial charge on any atom is 0.329 e. The Morgan fingerprint density at radius 1 is 1.29 bits per heavy atom. The number of hydrogen-bond acceptors (Lipinski definition) is 3. The van der Waals surface area contributed by atoms with Gasteiger partial charge in [-0.25, -0.2) is 9.18 Å². The lowest BCUT2D eigenvalue weighted by Crippen LogP contribution is -2.53. The molecule has 1 aromatic carbocycles. The summed E-state index contributed by atoms with van der Waals surface area (Å²) in [6.45, 7) is 3.44. The molecule has 3 rings (SSSR count). The van der Waals surface area contributed by atoms with Crippen molar-refractivity contribution in [3.8, 4) is 10.4 Å². The van der Waals surface area contributed by atoms with E-state index in [1.54, 1.807) is 25.1 Å². The van der Waals surface area contributed by atoms with Crippen LogP contribution in [0.3, 0.4) is 0 Å². The van der Waals surface area contributed by atoms with Crippen molar-refractivity contribution in [1.29, 1.82) is 0 Å². The first-order valence-corrected chi connectivity index (χ1v) is 8.55. The van der Waals surface area contributed by atoms with E-state index in [0.717, 1.165) is 28.8 Å². The van der Waals surface area contributed by atoms with E-state index in [0.29, 0.717) is 4.88 Å². The fraction of sp³-hybridized carbons (Fsp3) is 0.333. The van der Waals surface area contributed by atoms with Crippen LogP contribution in [0.25, 0.3) is 10.4 Å². The van der Waals surface area contributed by atoms with E-state index in [2.05, 4.69) is 5.32 Å². The van der Waals surface area contributed by atoms with E-state index in [1.165, 1.54) is 23.5 Å². The quantitative estimate of drug-likeness (QED) is 0.863. The summed E-state index contributed by atoms with van der Waals surface area (Å²) in [7, 11) is 0. The Labute approximate surface area is 143 Å². The third-order valence-electron chi connectivity index (χ3n) is 4.46. The maximum absolute atomic E-state index is 13.1. The van der Waals surface area contributed by atoms with Crippen LogP contribution >= 0.6 is 11.3 Å². The molecule has 0 aliphatic heterocycles. The molecule has 1 aliphatic carbocycles. The molecule has 1 amide bonds. The molecular formula is C18H18FNO3S. The van der Waals surface area contributed by atoms with Crippen LogP contribution in [0.2, 0.25) is 0 Å².